The van der Waals surface area contributed by atoms with Gasteiger partial charge in [-0.15, -0.1) is 0 Å². The molecular formula is C42H41N5O7. The van der Waals surface area contributed by atoms with Crippen LogP contribution < -0.4 is 19.7 Å². The van der Waals surface area contributed by atoms with Crippen molar-refractivity contribution in [3.63, 3.8) is 0 Å². The van der Waals surface area contributed by atoms with Crippen molar-refractivity contribution in [2.24, 2.45) is 5.41 Å². The summed E-state index contributed by atoms with van der Waals surface area (Å²) in [5.74, 6) is -0.440. The van der Waals surface area contributed by atoms with Gasteiger partial charge in [-0.3, -0.25) is 34.2 Å². The Morgan fingerprint density at radius 2 is 1.59 bits per heavy atom. The Morgan fingerprint density at radius 3 is 2.28 bits per heavy atom. The van der Waals surface area contributed by atoms with Crippen molar-refractivity contribution in [2.75, 3.05) is 18.0 Å². The first-order chi connectivity index (χ1) is 25.9. The van der Waals surface area contributed by atoms with E-state index in [-0.39, 0.29) is 48.0 Å². The van der Waals surface area contributed by atoms with E-state index in [9.17, 15) is 24.0 Å². The van der Waals surface area contributed by atoms with Gasteiger partial charge in [0.25, 0.3) is 11.8 Å². The molecule has 0 radical (unpaired) electrons. The summed E-state index contributed by atoms with van der Waals surface area (Å²) in [4.78, 5) is 73.6. The van der Waals surface area contributed by atoms with Gasteiger partial charge in [0.15, 0.2) is 11.6 Å². The van der Waals surface area contributed by atoms with Gasteiger partial charge in [-0.25, -0.2) is 9.97 Å². The van der Waals surface area contributed by atoms with E-state index in [0.29, 0.717) is 22.6 Å². The van der Waals surface area contributed by atoms with Gasteiger partial charge in [-0.2, -0.15) is 0 Å². The van der Waals surface area contributed by atoms with Crippen LogP contribution in [0, 0.1) is 5.41 Å². The Kier molecular flexibility index (Phi) is 8.78. The molecule has 1 aliphatic carbocycles. The highest BCUT2D eigenvalue weighted by molar-refractivity contribution is 6.23. The van der Waals surface area contributed by atoms with E-state index >= 15 is 0 Å². The van der Waals surface area contributed by atoms with Crippen molar-refractivity contribution in [1.29, 1.82) is 0 Å². The molecule has 3 aromatic carbocycles. The van der Waals surface area contributed by atoms with Crippen LogP contribution in [0.25, 0.3) is 0 Å². The minimum Gasteiger partial charge on any atom is -0.490 e. The number of amides is 4. The molecule has 0 bridgehead atoms. The maximum absolute atomic E-state index is 13.3. The number of carbonyl (C=O) groups is 5. The standard InChI is InChI=1S/C42H41N5O7/c1-25(48)37-43-18-16-28(44-37)23-53-30-9-4-26(5-10-30)41(2,3)27-6-11-31(12-7-27)54-32-21-42(22-32)17-19-46(24-42)29-8-13-33-34(20-29)40(52)47(39(33)51)35-14-15-36(49)45-38(35)50/h4-13,16,18,20,32,35H,14-15,17,19,21-24H2,1-3H3,(H,45,49,50). The van der Waals surface area contributed by atoms with Crippen LogP contribution in [0.15, 0.2) is 79.0 Å². The molecule has 4 aromatic rings. The molecule has 4 amide bonds. The van der Waals surface area contributed by atoms with Gasteiger partial charge in [-0.1, -0.05) is 38.1 Å². The van der Waals surface area contributed by atoms with E-state index in [4.69, 9.17) is 9.47 Å². The zero-order valence-electron chi connectivity index (χ0n) is 30.5. The van der Waals surface area contributed by atoms with Crippen LogP contribution in [0.2, 0.25) is 0 Å². The maximum Gasteiger partial charge on any atom is 0.262 e. The van der Waals surface area contributed by atoms with Gasteiger partial charge >= 0.3 is 0 Å². The predicted octanol–water partition coefficient (Wildman–Crippen LogP) is 5.42. The fraction of sp³-hybridized carbons (Fsp3) is 0.357. The first-order valence-corrected chi connectivity index (χ1v) is 18.3. The molecule has 12 heteroatoms. The molecule has 54 heavy (non-hydrogen) atoms. The number of piperidine rings is 1. The monoisotopic (exact) mass is 727 g/mol. The van der Waals surface area contributed by atoms with Crippen LogP contribution in [0.5, 0.6) is 11.5 Å². The lowest BCUT2D eigenvalue weighted by Crippen LogP contribution is -2.54. The highest BCUT2D eigenvalue weighted by Crippen LogP contribution is 2.50. The van der Waals surface area contributed by atoms with Crippen LogP contribution in [-0.2, 0) is 21.6 Å². The number of hydrogen-bond acceptors (Lipinski definition) is 10. The number of Topliss-reactive ketones (excluding diaryl/α,β-unsaturated/α-hetero) is 1. The van der Waals surface area contributed by atoms with E-state index in [2.05, 4.69) is 58.3 Å². The summed E-state index contributed by atoms with van der Waals surface area (Å²) < 4.78 is 12.3. The second kappa shape index (κ2) is 13.5. The zero-order chi connectivity index (χ0) is 37.8. The fourth-order valence-electron chi connectivity index (χ4n) is 8.21. The van der Waals surface area contributed by atoms with Crippen LogP contribution >= 0.6 is 0 Å². The van der Waals surface area contributed by atoms with E-state index in [0.717, 1.165) is 59.8 Å². The summed E-state index contributed by atoms with van der Waals surface area (Å²) in [7, 11) is 0. The minimum absolute atomic E-state index is 0.0892. The Morgan fingerprint density at radius 1 is 0.907 bits per heavy atom. The van der Waals surface area contributed by atoms with E-state index in [1.165, 1.54) is 6.92 Å². The molecule has 1 atom stereocenters. The minimum atomic E-state index is -0.977. The molecule has 1 unspecified atom stereocenters. The molecule has 4 aliphatic rings. The molecule has 1 N–H and O–H groups in total. The molecule has 4 heterocycles. The van der Waals surface area contributed by atoms with Crippen molar-refractivity contribution in [3.8, 4) is 11.5 Å². The fourth-order valence-corrected chi connectivity index (χ4v) is 8.21. The molecule has 1 aromatic heterocycles. The van der Waals surface area contributed by atoms with Gasteiger partial charge < -0.3 is 14.4 Å². The molecule has 2 saturated heterocycles. The van der Waals surface area contributed by atoms with Crippen molar-refractivity contribution < 1.29 is 33.4 Å². The quantitative estimate of drug-likeness (QED) is 0.166. The molecule has 1 saturated carbocycles. The number of carbonyl (C=O) groups excluding carboxylic acids is 5. The van der Waals surface area contributed by atoms with Crippen LogP contribution in [0.1, 0.15) is 101 Å². The number of rotatable bonds is 10. The Balaban J connectivity index is 0.841. The molecule has 3 fully saturated rings. The molecule has 12 nitrogen and oxygen atoms in total. The number of imide groups is 2. The van der Waals surface area contributed by atoms with Crippen LogP contribution in [0.3, 0.4) is 0 Å². The first kappa shape index (κ1) is 35.1. The highest BCUT2D eigenvalue weighted by Gasteiger charge is 2.50. The first-order valence-electron chi connectivity index (χ1n) is 18.3. The number of hydrogen-bond donors (Lipinski definition) is 1. The van der Waals surface area contributed by atoms with Crippen LogP contribution in [-0.4, -0.2) is 69.5 Å². The molecule has 3 aliphatic heterocycles. The van der Waals surface area contributed by atoms with Gasteiger partial charge in [0.1, 0.15) is 24.1 Å². The third-order valence-electron chi connectivity index (χ3n) is 11.4. The molecule has 1 spiro atoms. The number of aromatic nitrogens is 2. The normalized spacial score (nSPS) is 22.3. The van der Waals surface area contributed by atoms with E-state index in [1.54, 1.807) is 24.4 Å². The van der Waals surface area contributed by atoms with Gasteiger partial charge in [0, 0.05) is 43.7 Å². The summed E-state index contributed by atoms with van der Waals surface area (Å²) in [5.41, 5.74) is 4.29. The second-order valence-corrected chi connectivity index (χ2v) is 15.4. The summed E-state index contributed by atoms with van der Waals surface area (Å²) >= 11 is 0. The van der Waals surface area contributed by atoms with E-state index in [1.807, 2.05) is 30.3 Å². The average molecular weight is 728 g/mol. The Hall–Kier alpha value is -5.91. The summed E-state index contributed by atoms with van der Waals surface area (Å²) in [6, 6.07) is 22.4. The van der Waals surface area contributed by atoms with Gasteiger partial charge in [0.05, 0.1) is 22.9 Å². The predicted molar refractivity (Wildman–Crippen MR) is 197 cm³/mol. The number of nitrogens with one attached hydrogen (secondary N) is 1. The molecule has 8 rings (SSSR count). The Labute approximate surface area is 312 Å². The topological polar surface area (TPSA) is 148 Å². The summed E-state index contributed by atoms with van der Waals surface area (Å²) in [6.45, 7) is 7.73. The zero-order valence-corrected chi connectivity index (χ0v) is 30.5. The highest BCUT2D eigenvalue weighted by atomic mass is 16.5. The van der Waals surface area contributed by atoms with Crippen LogP contribution in [0.4, 0.5) is 5.69 Å². The number of anilines is 1. The van der Waals surface area contributed by atoms with Crippen molar-refractivity contribution >= 4 is 35.1 Å². The average Bonchev–Trinajstić information content (AvgIpc) is 3.70. The van der Waals surface area contributed by atoms with E-state index < -0.39 is 29.7 Å². The van der Waals surface area contributed by atoms with Crippen molar-refractivity contribution in [1.82, 2.24) is 20.2 Å². The van der Waals surface area contributed by atoms with Crippen molar-refractivity contribution in [2.45, 2.75) is 77.0 Å². The lowest BCUT2D eigenvalue weighted by atomic mass is 9.66. The largest absolute Gasteiger partial charge is 0.490 e. The number of nitrogens with zero attached hydrogens (tertiary/aromatic N) is 4. The number of fused-ring (bicyclic) bond motifs is 1. The SMILES string of the molecule is CC(=O)c1nccc(COc2ccc(C(C)(C)c3ccc(OC4CC5(CCN(c6ccc7c(c6)C(=O)N(C6CCC(=O)NC6=O)C7=O)C5)C4)cc3)cc2)n1. The van der Waals surface area contributed by atoms with Gasteiger partial charge in [0.2, 0.25) is 11.8 Å². The Bertz CT molecular complexity index is 2180. The molecular weight excluding hydrogens is 686 g/mol. The maximum atomic E-state index is 13.3. The number of benzene rings is 3. The molecule has 276 valence electrons. The van der Waals surface area contributed by atoms with Crippen molar-refractivity contribution in [3.05, 3.63) is 113 Å². The third kappa shape index (κ3) is 6.50. The summed E-state index contributed by atoms with van der Waals surface area (Å²) in [5, 5.41) is 2.24. The number of ether oxygens (including phenoxy) is 2. The third-order valence-corrected chi connectivity index (χ3v) is 11.4. The lowest BCUT2D eigenvalue weighted by Gasteiger charge is -2.44. The smallest absolute Gasteiger partial charge is 0.262 e. The number of ketones is 1. The second-order valence-electron chi connectivity index (χ2n) is 15.4. The lowest BCUT2D eigenvalue weighted by molar-refractivity contribution is -0.136. The summed E-state index contributed by atoms with van der Waals surface area (Å²) in [6.07, 6.45) is 4.79. The van der Waals surface area contributed by atoms with Gasteiger partial charge in [-0.05, 0) is 90.8 Å².